The Labute approximate surface area is 262 Å². The molecule has 3 fully saturated rings. The van der Waals surface area contributed by atoms with Gasteiger partial charge in [0, 0.05) is 42.8 Å². The first kappa shape index (κ1) is 27.8. The number of likely N-dealkylation sites (N-methyl/N-ethyl adjacent to an activating group) is 1. The average Bonchev–Trinajstić information content (AvgIpc) is 3.58. The van der Waals surface area contributed by atoms with Crippen LogP contribution < -0.4 is 20.3 Å². The fourth-order valence-electron chi connectivity index (χ4n) is 7.74. The minimum absolute atomic E-state index is 0.0461. The number of anilines is 3. The van der Waals surface area contributed by atoms with E-state index in [1.54, 1.807) is 18.3 Å². The second kappa shape index (κ2) is 11.0. The third-order valence-corrected chi connectivity index (χ3v) is 9.90. The van der Waals surface area contributed by atoms with E-state index in [1.807, 2.05) is 24.3 Å². The molecule has 3 saturated heterocycles. The van der Waals surface area contributed by atoms with Gasteiger partial charge >= 0.3 is 6.01 Å². The minimum atomic E-state index is -0.0461. The van der Waals surface area contributed by atoms with Gasteiger partial charge in [0.05, 0.1) is 5.52 Å². The van der Waals surface area contributed by atoms with Crippen LogP contribution in [-0.2, 0) is 0 Å². The summed E-state index contributed by atoms with van der Waals surface area (Å²) in [5, 5.41) is 13.6. The van der Waals surface area contributed by atoms with Crippen LogP contribution in [0.4, 0.5) is 17.6 Å². The molecule has 10 heteroatoms. The number of aromatic nitrogens is 4. The maximum atomic E-state index is 10.6. The van der Waals surface area contributed by atoms with Crippen LogP contribution in [0.25, 0.3) is 32.8 Å². The summed E-state index contributed by atoms with van der Waals surface area (Å²) in [5.74, 6) is 2.32. The second-order valence-corrected chi connectivity index (χ2v) is 12.8. The molecule has 4 atom stereocenters. The highest BCUT2D eigenvalue weighted by Crippen LogP contribution is 2.41. The molecule has 5 heterocycles. The molecule has 0 spiro atoms. The maximum absolute atomic E-state index is 10.6. The van der Waals surface area contributed by atoms with Crippen molar-refractivity contribution in [3.63, 3.8) is 0 Å². The Morgan fingerprint density at radius 2 is 1.76 bits per heavy atom. The van der Waals surface area contributed by atoms with Crippen LogP contribution in [-0.4, -0.2) is 80.9 Å². The zero-order valence-corrected chi connectivity index (χ0v) is 25.7. The number of hydrogen-bond donors (Lipinski definition) is 2. The van der Waals surface area contributed by atoms with Gasteiger partial charge in [0.25, 0.3) is 0 Å². The van der Waals surface area contributed by atoms with Gasteiger partial charge in [-0.05, 0) is 98.4 Å². The monoisotopic (exact) mass is 602 g/mol. The van der Waals surface area contributed by atoms with Gasteiger partial charge in [-0.1, -0.05) is 30.3 Å². The lowest BCUT2D eigenvalue weighted by Crippen LogP contribution is -2.54. The third-order valence-electron chi connectivity index (χ3n) is 9.90. The number of phenols is 1. The first-order valence-electron chi connectivity index (χ1n) is 15.9. The van der Waals surface area contributed by atoms with Gasteiger partial charge in [-0.2, -0.15) is 15.0 Å². The van der Waals surface area contributed by atoms with Crippen molar-refractivity contribution in [2.24, 2.45) is 0 Å². The normalized spacial score (nSPS) is 22.4. The number of nitrogens with zero attached hydrogens (tertiary/aromatic N) is 7. The van der Waals surface area contributed by atoms with E-state index in [4.69, 9.17) is 20.4 Å². The number of ether oxygens (including phenoxy) is 1. The van der Waals surface area contributed by atoms with Crippen molar-refractivity contribution >= 4 is 39.3 Å². The summed E-state index contributed by atoms with van der Waals surface area (Å²) in [4.78, 5) is 26.3. The molecule has 8 rings (SSSR count). The number of phenolic OH excluding ortho intramolecular Hbond substituents is 1. The number of aromatic hydroxyl groups is 1. The summed E-state index contributed by atoms with van der Waals surface area (Å²) >= 11 is 0. The molecule has 230 valence electrons. The van der Waals surface area contributed by atoms with Gasteiger partial charge in [-0.15, -0.1) is 0 Å². The minimum Gasteiger partial charge on any atom is -0.508 e. The predicted molar refractivity (Wildman–Crippen MR) is 178 cm³/mol. The molecule has 45 heavy (non-hydrogen) atoms. The Balaban J connectivity index is 1.21. The third kappa shape index (κ3) is 5.03. The van der Waals surface area contributed by atoms with Gasteiger partial charge in [0.2, 0.25) is 5.95 Å². The van der Waals surface area contributed by atoms with Crippen molar-refractivity contribution in [3.05, 3.63) is 66.9 Å². The molecule has 2 bridgehead atoms. The van der Waals surface area contributed by atoms with E-state index < -0.39 is 0 Å². The van der Waals surface area contributed by atoms with Crippen LogP contribution in [0.3, 0.4) is 0 Å². The Kier molecular flexibility index (Phi) is 6.82. The molecule has 2 aromatic heterocycles. The number of nitrogens with two attached hydrogens (primary N) is 1. The van der Waals surface area contributed by atoms with Gasteiger partial charge < -0.3 is 25.4 Å². The second-order valence-electron chi connectivity index (χ2n) is 12.8. The molecular weight excluding hydrogens is 564 g/mol. The highest BCUT2D eigenvalue weighted by Gasteiger charge is 2.42. The molecule has 0 saturated carbocycles. The molecular formula is C35H38N8O2. The lowest BCUT2D eigenvalue weighted by atomic mass is 9.97. The zero-order chi connectivity index (χ0) is 30.7. The summed E-state index contributed by atoms with van der Waals surface area (Å²) in [7, 11) is 2.16. The molecule has 3 aromatic carbocycles. The van der Waals surface area contributed by atoms with E-state index in [0.717, 1.165) is 77.5 Å². The molecule has 0 radical (unpaired) electrons. The molecule has 3 unspecified atom stereocenters. The number of piperazine rings is 1. The van der Waals surface area contributed by atoms with Gasteiger partial charge in [-0.3, -0.25) is 4.90 Å². The summed E-state index contributed by atoms with van der Waals surface area (Å²) in [6, 6.07) is 21.1. The number of hydrogen-bond acceptors (Lipinski definition) is 10. The van der Waals surface area contributed by atoms with Gasteiger partial charge in [0.15, 0.2) is 0 Å². The number of nitrogen functional groups attached to an aromatic ring is 1. The lowest BCUT2D eigenvalue weighted by molar-refractivity contribution is 0.112. The number of likely N-dealkylation sites (tertiary alicyclic amines) is 1. The number of rotatable bonds is 6. The summed E-state index contributed by atoms with van der Waals surface area (Å²) in [6.45, 7) is 4.79. The summed E-state index contributed by atoms with van der Waals surface area (Å²) in [6.07, 6.45) is 6.07. The largest absolute Gasteiger partial charge is 0.508 e. The van der Waals surface area contributed by atoms with Crippen LogP contribution in [0.5, 0.6) is 11.8 Å². The fourth-order valence-corrected chi connectivity index (χ4v) is 7.74. The summed E-state index contributed by atoms with van der Waals surface area (Å²) in [5.41, 5.74) is 8.78. The average molecular weight is 603 g/mol. The van der Waals surface area contributed by atoms with Crippen LogP contribution in [0, 0.1) is 0 Å². The Hall–Kier alpha value is -4.70. The number of fused-ring (bicyclic) bond motifs is 4. The van der Waals surface area contributed by atoms with E-state index >= 15 is 0 Å². The molecule has 5 aromatic rings. The van der Waals surface area contributed by atoms with Crippen LogP contribution in [0.1, 0.15) is 32.6 Å². The van der Waals surface area contributed by atoms with Crippen molar-refractivity contribution in [1.82, 2.24) is 24.8 Å². The molecule has 3 aliphatic rings. The predicted octanol–water partition coefficient (Wildman–Crippen LogP) is 5.25. The van der Waals surface area contributed by atoms with Gasteiger partial charge in [0.1, 0.15) is 23.5 Å². The van der Waals surface area contributed by atoms with Gasteiger partial charge in [-0.25, -0.2) is 4.98 Å². The fraction of sp³-hybridized carbons (Fsp3) is 0.371. The quantitative estimate of drug-likeness (QED) is 0.267. The van der Waals surface area contributed by atoms with Crippen molar-refractivity contribution in [2.75, 3.05) is 42.2 Å². The standard InChI is InChI=1S/C35H38N8O2/c1-21(31-8-5-15-41(31)2)45-35-38-30-17-23(29-18-26(44)16-22-6-3-4-7-27(22)29)9-12-28(30)33(40-35)43-24-10-11-25(43)20-42(19-24)34-37-14-13-32(36)39-34/h3-4,6-7,9,12-14,16-18,21,24-25,31,44H,5,8,10-11,15,19-20H2,1-2H3,(H2,36,37,39)/t21?,24?,25?,31-/m0/s1. The Bertz CT molecular complexity index is 1890. The molecule has 0 aliphatic carbocycles. The number of benzene rings is 3. The van der Waals surface area contributed by atoms with Crippen molar-refractivity contribution in [1.29, 1.82) is 0 Å². The van der Waals surface area contributed by atoms with Crippen LogP contribution in [0.15, 0.2) is 66.9 Å². The van der Waals surface area contributed by atoms with Crippen molar-refractivity contribution < 1.29 is 9.84 Å². The van der Waals surface area contributed by atoms with E-state index in [1.165, 1.54) is 6.42 Å². The molecule has 0 amide bonds. The van der Waals surface area contributed by atoms with Crippen LogP contribution >= 0.6 is 0 Å². The van der Waals surface area contributed by atoms with Crippen molar-refractivity contribution in [2.45, 2.75) is 56.8 Å². The van der Waals surface area contributed by atoms with E-state index in [9.17, 15) is 5.11 Å². The topological polar surface area (TPSA) is 117 Å². The first-order chi connectivity index (χ1) is 21.9. The lowest BCUT2D eigenvalue weighted by Gasteiger charge is -2.42. The SMILES string of the molecule is CC(Oc1nc(N2C3CCC2CN(c2nccc(N)n2)C3)c2ccc(-c3cc(O)cc4ccccc34)cc2n1)[C@@H]1CCCN1C. The zero-order valence-electron chi connectivity index (χ0n) is 25.7. The first-order valence-corrected chi connectivity index (χ1v) is 15.9. The highest BCUT2D eigenvalue weighted by atomic mass is 16.5. The highest BCUT2D eigenvalue weighted by molar-refractivity contribution is 6.01. The molecule has 10 nitrogen and oxygen atoms in total. The smallest absolute Gasteiger partial charge is 0.319 e. The van der Waals surface area contributed by atoms with Crippen LogP contribution in [0.2, 0.25) is 0 Å². The molecule has 3 N–H and O–H groups in total. The van der Waals surface area contributed by atoms with Crippen molar-refractivity contribution in [3.8, 4) is 22.9 Å². The Morgan fingerprint density at radius 3 is 2.53 bits per heavy atom. The van der Waals surface area contributed by atoms with E-state index in [0.29, 0.717) is 23.8 Å². The van der Waals surface area contributed by atoms with E-state index in [2.05, 4.69) is 62.9 Å². The molecule has 3 aliphatic heterocycles. The van der Waals surface area contributed by atoms with E-state index in [-0.39, 0.29) is 23.9 Å². The summed E-state index contributed by atoms with van der Waals surface area (Å²) < 4.78 is 6.56. The maximum Gasteiger partial charge on any atom is 0.319 e. The Morgan fingerprint density at radius 1 is 0.933 bits per heavy atom.